The summed E-state index contributed by atoms with van der Waals surface area (Å²) in [6.45, 7) is 5.79. The van der Waals surface area contributed by atoms with E-state index < -0.39 is 0 Å². The van der Waals surface area contributed by atoms with Crippen molar-refractivity contribution in [2.45, 2.75) is 30.4 Å². The Morgan fingerprint density at radius 1 is 1.26 bits per heavy atom. The molecule has 0 fully saturated rings. The van der Waals surface area contributed by atoms with E-state index in [1.165, 1.54) is 5.56 Å². The molecule has 0 saturated heterocycles. The van der Waals surface area contributed by atoms with E-state index in [4.69, 9.17) is 11.6 Å². The predicted molar refractivity (Wildman–Crippen MR) is 79.7 cm³/mol. The van der Waals surface area contributed by atoms with E-state index in [0.29, 0.717) is 0 Å². The minimum atomic E-state index is 0.752. The molecule has 1 aromatic heterocycles. The molecule has 1 heterocycles. The van der Waals surface area contributed by atoms with E-state index in [0.717, 1.165) is 33.7 Å². The largest absolute Gasteiger partial charge is 0.313 e. The monoisotopic (exact) mass is 293 g/mol. The molecular weight excluding hydrogens is 278 g/mol. The average Bonchev–Trinajstić information content (AvgIpc) is 2.41. The Labute approximate surface area is 122 Å². The van der Waals surface area contributed by atoms with Crippen molar-refractivity contribution in [1.82, 2.24) is 15.3 Å². The van der Waals surface area contributed by atoms with Crippen molar-refractivity contribution in [3.8, 4) is 0 Å². The van der Waals surface area contributed by atoms with Gasteiger partial charge in [0.05, 0.1) is 0 Å². The van der Waals surface area contributed by atoms with E-state index in [1.807, 2.05) is 37.5 Å². The Bertz CT molecular complexity index is 543. The van der Waals surface area contributed by atoms with Gasteiger partial charge in [0, 0.05) is 28.9 Å². The number of rotatable bonds is 5. The minimum absolute atomic E-state index is 0.752. The number of hydrogen-bond donors (Lipinski definition) is 1. The molecule has 5 heteroatoms. The second-order valence-corrected chi connectivity index (χ2v) is 5.62. The molecule has 1 N–H and O–H groups in total. The summed E-state index contributed by atoms with van der Waals surface area (Å²) >= 11 is 7.61. The van der Waals surface area contributed by atoms with Crippen LogP contribution in [0, 0.1) is 6.92 Å². The van der Waals surface area contributed by atoms with Crippen LogP contribution in [0.4, 0.5) is 0 Å². The number of hydrogen-bond acceptors (Lipinski definition) is 4. The molecule has 100 valence electrons. The highest BCUT2D eigenvalue weighted by atomic mass is 35.5. The van der Waals surface area contributed by atoms with Crippen molar-refractivity contribution >= 4 is 23.4 Å². The Hall–Kier alpha value is -1.10. The van der Waals surface area contributed by atoms with Gasteiger partial charge in [-0.15, -0.1) is 0 Å². The van der Waals surface area contributed by atoms with E-state index in [-0.39, 0.29) is 0 Å². The van der Waals surface area contributed by atoms with Crippen molar-refractivity contribution in [2.75, 3.05) is 6.54 Å². The zero-order valence-corrected chi connectivity index (χ0v) is 12.6. The molecule has 0 unspecified atom stereocenters. The maximum Gasteiger partial charge on any atom is 0.192 e. The number of aryl methyl sites for hydroxylation is 1. The highest BCUT2D eigenvalue weighted by Crippen LogP contribution is 2.29. The first kappa shape index (κ1) is 14.3. The summed E-state index contributed by atoms with van der Waals surface area (Å²) in [4.78, 5) is 9.77. The average molecular weight is 294 g/mol. The Morgan fingerprint density at radius 3 is 2.68 bits per heavy atom. The zero-order chi connectivity index (χ0) is 13.7. The van der Waals surface area contributed by atoms with E-state index >= 15 is 0 Å². The van der Waals surface area contributed by atoms with Gasteiger partial charge in [-0.05, 0) is 54.6 Å². The summed E-state index contributed by atoms with van der Waals surface area (Å²) in [6.07, 6.45) is 3.66. The molecule has 0 aliphatic heterocycles. The van der Waals surface area contributed by atoms with Gasteiger partial charge < -0.3 is 5.32 Å². The summed E-state index contributed by atoms with van der Waals surface area (Å²) in [7, 11) is 0. The van der Waals surface area contributed by atoms with Gasteiger partial charge in [0.2, 0.25) is 0 Å². The van der Waals surface area contributed by atoms with Crippen LogP contribution in [0.1, 0.15) is 18.1 Å². The fourth-order valence-corrected chi connectivity index (χ4v) is 2.58. The van der Waals surface area contributed by atoms with Gasteiger partial charge in [-0.1, -0.05) is 18.5 Å². The summed E-state index contributed by atoms with van der Waals surface area (Å²) < 4.78 is 0. The van der Waals surface area contributed by atoms with E-state index in [9.17, 15) is 0 Å². The third-order valence-corrected chi connectivity index (χ3v) is 3.79. The normalized spacial score (nSPS) is 10.7. The van der Waals surface area contributed by atoms with E-state index in [2.05, 4.69) is 22.2 Å². The molecule has 0 atom stereocenters. The fraction of sp³-hybridized carbons (Fsp3) is 0.286. The van der Waals surface area contributed by atoms with Crippen LogP contribution in [0.2, 0.25) is 5.02 Å². The zero-order valence-electron chi connectivity index (χ0n) is 11.0. The van der Waals surface area contributed by atoms with Crippen LogP contribution < -0.4 is 5.32 Å². The SMILES string of the molecule is CCNCc1cc(Cl)ccc1Sc1ncc(C)cn1. The number of nitrogens with one attached hydrogen (secondary N) is 1. The number of nitrogens with zero attached hydrogens (tertiary/aromatic N) is 2. The predicted octanol–water partition coefficient (Wildman–Crippen LogP) is 3.70. The Morgan fingerprint density at radius 2 is 2.00 bits per heavy atom. The molecule has 1 aromatic carbocycles. The topological polar surface area (TPSA) is 37.8 Å². The first-order chi connectivity index (χ1) is 9.19. The van der Waals surface area contributed by atoms with Crippen LogP contribution in [0.3, 0.4) is 0 Å². The summed E-state index contributed by atoms with van der Waals surface area (Å²) in [5, 5.41) is 4.82. The van der Waals surface area contributed by atoms with Gasteiger partial charge in [-0.25, -0.2) is 9.97 Å². The second-order valence-electron chi connectivity index (χ2n) is 4.18. The minimum Gasteiger partial charge on any atom is -0.313 e. The van der Waals surface area contributed by atoms with Crippen LogP contribution in [0.15, 0.2) is 40.6 Å². The lowest BCUT2D eigenvalue weighted by Gasteiger charge is -2.09. The molecule has 19 heavy (non-hydrogen) atoms. The van der Waals surface area contributed by atoms with Crippen molar-refractivity contribution in [3.63, 3.8) is 0 Å². The lowest BCUT2D eigenvalue weighted by atomic mass is 10.2. The molecule has 0 bridgehead atoms. The fourth-order valence-electron chi connectivity index (χ4n) is 1.58. The van der Waals surface area contributed by atoms with Crippen LogP contribution in [0.5, 0.6) is 0 Å². The van der Waals surface area contributed by atoms with Crippen molar-refractivity contribution in [1.29, 1.82) is 0 Å². The lowest BCUT2D eigenvalue weighted by Crippen LogP contribution is -2.12. The molecule has 2 rings (SSSR count). The maximum absolute atomic E-state index is 6.05. The summed E-state index contributed by atoms with van der Waals surface area (Å²) in [5.74, 6) is 0. The first-order valence-corrected chi connectivity index (χ1v) is 7.34. The van der Waals surface area contributed by atoms with Crippen LogP contribution in [-0.4, -0.2) is 16.5 Å². The third kappa shape index (κ3) is 4.20. The van der Waals surface area contributed by atoms with Gasteiger partial charge in [0.25, 0.3) is 0 Å². The number of aromatic nitrogens is 2. The van der Waals surface area contributed by atoms with Gasteiger partial charge in [-0.2, -0.15) is 0 Å². The van der Waals surface area contributed by atoms with Gasteiger partial charge in [0.15, 0.2) is 5.16 Å². The molecule has 0 spiro atoms. The molecular formula is C14H16ClN3S. The Kier molecular flexibility index (Phi) is 5.19. The van der Waals surface area contributed by atoms with Crippen LogP contribution in [0.25, 0.3) is 0 Å². The molecule has 0 saturated carbocycles. The van der Waals surface area contributed by atoms with Crippen LogP contribution in [-0.2, 0) is 6.54 Å². The molecule has 2 aromatic rings. The van der Waals surface area contributed by atoms with Crippen molar-refractivity contribution in [3.05, 3.63) is 46.7 Å². The van der Waals surface area contributed by atoms with Crippen molar-refractivity contribution < 1.29 is 0 Å². The second kappa shape index (κ2) is 6.89. The third-order valence-electron chi connectivity index (χ3n) is 2.55. The van der Waals surface area contributed by atoms with E-state index in [1.54, 1.807) is 11.8 Å². The molecule has 0 radical (unpaired) electrons. The first-order valence-electron chi connectivity index (χ1n) is 6.14. The van der Waals surface area contributed by atoms with Gasteiger partial charge in [-0.3, -0.25) is 0 Å². The van der Waals surface area contributed by atoms with Gasteiger partial charge in [0.1, 0.15) is 0 Å². The maximum atomic E-state index is 6.05. The van der Waals surface area contributed by atoms with Crippen molar-refractivity contribution in [2.24, 2.45) is 0 Å². The highest BCUT2D eigenvalue weighted by Gasteiger charge is 2.07. The number of halogens is 1. The quantitative estimate of drug-likeness (QED) is 0.853. The Balaban J connectivity index is 2.20. The molecule has 3 nitrogen and oxygen atoms in total. The summed E-state index contributed by atoms with van der Waals surface area (Å²) in [6, 6.07) is 5.90. The molecule has 0 amide bonds. The van der Waals surface area contributed by atoms with Crippen LogP contribution >= 0.6 is 23.4 Å². The lowest BCUT2D eigenvalue weighted by molar-refractivity contribution is 0.718. The van der Waals surface area contributed by atoms with Gasteiger partial charge >= 0.3 is 0 Å². The molecule has 0 aliphatic carbocycles. The smallest absolute Gasteiger partial charge is 0.192 e. The standard InChI is InChI=1S/C14H16ClN3S/c1-3-16-9-11-6-12(15)4-5-13(11)19-14-17-7-10(2)8-18-14/h4-8,16H,3,9H2,1-2H3. The number of benzene rings is 1. The summed E-state index contributed by atoms with van der Waals surface area (Å²) in [5.41, 5.74) is 2.23. The highest BCUT2D eigenvalue weighted by molar-refractivity contribution is 7.99. The molecule has 0 aliphatic rings.